The van der Waals surface area contributed by atoms with Gasteiger partial charge in [0, 0.05) is 19.4 Å². The Labute approximate surface area is 458 Å². The summed E-state index contributed by atoms with van der Waals surface area (Å²) in [5.41, 5.74) is 0. The van der Waals surface area contributed by atoms with E-state index < -0.39 is 6.10 Å². The van der Waals surface area contributed by atoms with Crippen molar-refractivity contribution < 1.29 is 23.8 Å². The molecule has 0 heterocycles. The Balaban J connectivity index is 4.41. The SMILES string of the molecule is CC/C=C\C/C=C\C/C=C\C/C=C\C/C=C\C/C=C\CCC(=O)OCC(COCCCCCCCCCCCC/C=C\C/C=C\CCCCC)OC(=O)CCCCCCCCCCC/C=C\C/C=C\CCCCC. The Morgan fingerprint density at radius 1 is 0.311 bits per heavy atom. The van der Waals surface area contributed by atoms with Crippen LogP contribution in [0, 0.1) is 0 Å². The molecule has 0 rings (SSSR count). The lowest BCUT2D eigenvalue weighted by molar-refractivity contribution is -0.162. The molecule has 0 amide bonds. The predicted octanol–water partition coefficient (Wildman–Crippen LogP) is 21.7. The van der Waals surface area contributed by atoms with Gasteiger partial charge in [0.05, 0.1) is 6.61 Å². The van der Waals surface area contributed by atoms with Gasteiger partial charge in [0.2, 0.25) is 0 Å². The van der Waals surface area contributed by atoms with Crippen LogP contribution in [0.4, 0.5) is 0 Å². The van der Waals surface area contributed by atoms with Crippen molar-refractivity contribution in [1.29, 1.82) is 0 Å². The molecule has 422 valence electrons. The van der Waals surface area contributed by atoms with Gasteiger partial charge in [0.1, 0.15) is 6.61 Å². The fourth-order valence-corrected chi connectivity index (χ4v) is 8.36. The second-order valence-electron chi connectivity index (χ2n) is 20.2. The zero-order chi connectivity index (χ0) is 53.4. The minimum Gasteiger partial charge on any atom is -0.462 e. The van der Waals surface area contributed by atoms with Gasteiger partial charge in [-0.25, -0.2) is 0 Å². The Bertz CT molecular complexity index is 1490. The fourth-order valence-electron chi connectivity index (χ4n) is 8.36. The van der Waals surface area contributed by atoms with Crippen molar-refractivity contribution >= 4 is 11.9 Å². The maximum absolute atomic E-state index is 12.9. The van der Waals surface area contributed by atoms with E-state index in [1.807, 2.05) is 6.08 Å². The number of allylic oxidation sites excluding steroid dienone is 20. The second-order valence-corrected chi connectivity index (χ2v) is 20.2. The maximum atomic E-state index is 12.9. The van der Waals surface area contributed by atoms with Crippen LogP contribution in [-0.2, 0) is 23.8 Å². The first kappa shape index (κ1) is 70.3. The normalized spacial score (nSPS) is 13.1. The molecule has 0 aliphatic heterocycles. The quantitative estimate of drug-likeness (QED) is 0.0345. The van der Waals surface area contributed by atoms with Crippen LogP contribution in [0.1, 0.15) is 278 Å². The topological polar surface area (TPSA) is 61.8 Å². The number of carbonyl (C=O) groups excluding carboxylic acids is 2. The van der Waals surface area contributed by atoms with Crippen LogP contribution in [0.25, 0.3) is 0 Å². The van der Waals surface area contributed by atoms with Crippen LogP contribution < -0.4 is 0 Å². The summed E-state index contributed by atoms with van der Waals surface area (Å²) < 4.78 is 17.5. The number of hydrogen-bond donors (Lipinski definition) is 0. The summed E-state index contributed by atoms with van der Waals surface area (Å²) in [7, 11) is 0. The van der Waals surface area contributed by atoms with E-state index in [0.29, 0.717) is 25.9 Å². The Morgan fingerprint density at radius 3 is 1.03 bits per heavy atom. The molecule has 0 aliphatic rings. The molecule has 0 bridgehead atoms. The molecular formula is C69H116O5. The minimum absolute atomic E-state index is 0.0364. The average molecular weight is 1030 g/mol. The third-order valence-corrected chi connectivity index (χ3v) is 13.0. The maximum Gasteiger partial charge on any atom is 0.306 e. The lowest BCUT2D eigenvalue weighted by Gasteiger charge is -2.18. The van der Waals surface area contributed by atoms with E-state index in [2.05, 4.69) is 136 Å². The number of rotatable bonds is 56. The predicted molar refractivity (Wildman–Crippen MR) is 325 cm³/mol. The Kier molecular flexibility index (Phi) is 60.4. The van der Waals surface area contributed by atoms with E-state index in [0.717, 1.165) is 83.5 Å². The summed E-state index contributed by atoms with van der Waals surface area (Å²) in [6, 6.07) is 0. The van der Waals surface area contributed by atoms with Gasteiger partial charge in [-0.3, -0.25) is 9.59 Å². The Hall–Kier alpha value is -3.70. The van der Waals surface area contributed by atoms with Crippen LogP contribution in [0.5, 0.6) is 0 Å². The molecular weight excluding hydrogens is 909 g/mol. The molecule has 0 saturated carbocycles. The summed E-state index contributed by atoms with van der Waals surface area (Å²) in [6.07, 6.45) is 89.5. The van der Waals surface area contributed by atoms with Gasteiger partial charge in [0.25, 0.3) is 0 Å². The molecule has 1 unspecified atom stereocenters. The summed E-state index contributed by atoms with van der Waals surface area (Å²) in [6.45, 7) is 7.59. The van der Waals surface area contributed by atoms with Crippen LogP contribution in [0.2, 0.25) is 0 Å². The van der Waals surface area contributed by atoms with Gasteiger partial charge in [-0.1, -0.05) is 264 Å². The lowest BCUT2D eigenvalue weighted by Crippen LogP contribution is -2.30. The van der Waals surface area contributed by atoms with Crippen molar-refractivity contribution in [2.45, 2.75) is 284 Å². The molecule has 0 saturated heterocycles. The summed E-state index contributed by atoms with van der Waals surface area (Å²) in [5.74, 6) is -0.499. The third-order valence-electron chi connectivity index (χ3n) is 13.0. The van der Waals surface area contributed by atoms with Crippen LogP contribution in [0.15, 0.2) is 122 Å². The third kappa shape index (κ3) is 60.9. The van der Waals surface area contributed by atoms with Crippen LogP contribution in [-0.4, -0.2) is 37.9 Å². The highest BCUT2D eigenvalue weighted by molar-refractivity contribution is 5.70. The van der Waals surface area contributed by atoms with E-state index in [4.69, 9.17) is 14.2 Å². The molecule has 0 fully saturated rings. The molecule has 5 nitrogen and oxygen atoms in total. The van der Waals surface area contributed by atoms with E-state index in [9.17, 15) is 9.59 Å². The molecule has 0 aromatic heterocycles. The van der Waals surface area contributed by atoms with E-state index in [1.54, 1.807) is 0 Å². The molecule has 0 N–H and O–H groups in total. The number of esters is 2. The summed E-state index contributed by atoms with van der Waals surface area (Å²) in [5, 5.41) is 0. The lowest BCUT2D eigenvalue weighted by atomic mass is 10.1. The van der Waals surface area contributed by atoms with Gasteiger partial charge in [0.15, 0.2) is 6.10 Å². The second kappa shape index (κ2) is 63.6. The van der Waals surface area contributed by atoms with Crippen molar-refractivity contribution in [2.75, 3.05) is 19.8 Å². The van der Waals surface area contributed by atoms with Gasteiger partial charge >= 0.3 is 11.9 Å². The van der Waals surface area contributed by atoms with E-state index in [1.165, 1.54) is 154 Å². The molecule has 0 aromatic carbocycles. The first-order valence-corrected chi connectivity index (χ1v) is 31.1. The average Bonchev–Trinajstić information content (AvgIpc) is 3.40. The van der Waals surface area contributed by atoms with E-state index >= 15 is 0 Å². The summed E-state index contributed by atoms with van der Waals surface area (Å²) >= 11 is 0. The van der Waals surface area contributed by atoms with Crippen molar-refractivity contribution in [3.8, 4) is 0 Å². The molecule has 0 radical (unpaired) electrons. The highest BCUT2D eigenvalue weighted by Crippen LogP contribution is 2.15. The standard InChI is InChI=1S/C69H116O5/c1-4-7-10-13-16-19-22-25-28-31-34-37-40-43-46-49-52-55-58-61-64-72-65-67(74-69(71)63-60-57-54-51-48-45-42-39-36-33-30-27-24-21-18-15-12-9-6-3)66-73-68(70)62-59-56-53-50-47-44-41-38-35-32-29-26-23-20-17-14-11-8-5-2/h8,11,16-21,25-30,35,38,44,47,53,56,67H,4-7,9-10,12-15,22-24,31-34,36-37,39-43,45-46,48-52,54-55,57-66H2,1-3H3/b11-8-,19-16-,20-17-,21-18-,28-25-,29-26-,30-27-,38-35-,47-44-,56-53-. The van der Waals surface area contributed by atoms with Gasteiger partial charge in [-0.15, -0.1) is 0 Å². The van der Waals surface area contributed by atoms with Gasteiger partial charge in [-0.2, -0.15) is 0 Å². The monoisotopic (exact) mass is 1020 g/mol. The molecule has 74 heavy (non-hydrogen) atoms. The first-order chi connectivity index (χ1) is 36.6. The van der Waals surface area contributed by atoms with Crippen molar-refractivity contribution in [2.24, 2.45) is 0 Å². The fraction of sp³-hybridized carbons (Fsp3) is 0.681. The zero-order valence-electron chi connectivity index (χ0n) is 48.6. The molecule has 0 aliphatic carbocycles. The summed E-state index contributed by atoms with van der Waals surface area (Å²) in [4.78, 5) is 25.6. The highest BCUT2D eigenvalue weighted by Gasteiger charge is 2.17. The van der Waals surface area contributed by atoms with Crippen molar-refractivity contribution in [3.05, 3.63) is 122 Å². The molecule has 1 atom stereocenters. The number of carbonyl (C=O) groups is 2. The number of hydrogen-bond acceptors (Lipinski definition) is 5. The minimum atomic E-state index is -0.580. The molecule has 0 aromatic rings. The van der Waals surface area contributed by atoms with Crippen molar-refractivity contribution in [1.82, 2.24) is 0 Å². The van der Waals surface area contributed by atoms with Crippen molar-refractivity contribution in [3.63, 3.8) is 0 Å². The van der Waals surface area contributed by atoms with Gasteiger partial charge < -0.3 is 14.2 Å². The first-order valence-electron chi connectivity index (χ1n) is 31.1. The molecule has 5 heteroatoms. The smallest absolute Gasteiger partial charge is 0.306 e. The van der Waals surface area contributed by atoms with Crippen LogP contribution >= 0.6 is 0 Å². The van der Waals surface area contributed by atoms with Crippen LogP contribution in [0.3, 0.4) is 0 Å². The Morgan fingerprint density at radius 2 is 0.635 bits per heavy atom. The number of ether oxygens (including phenoxy) is 3. The van der Waals surface area contributed by atoms with E-state index in [-0.39, 0.29) is 25.2 Å². The highest BCUT2D eigenvalue weighted by atomic mass is 16.6. The largest absolute Gasteiger partial charge is 0.462 e. The zero-order valence-corrected chi connectivity index (χ0v) is 48.6. The molecule has 0 spiro atoms. The number of unbranched alkanes of at least 4 members (excludes halogenated alkanes) is 25. The van der Waals surface area contributed by atoms with Gasteiger partial charge in [-0.05, 0) is 122 Å².